The molecule has 1 aromatic heterocycles. The molecule has 144 valence electrons. The lowest BCUT2D eigenvalue weighted by Crippen LogP contribution is -2.30. The second-order valence-corrected chi connectivity index (χ2v) is 7.70. The number of nitrogens with zero attached hydrogens (tertiary/aromatic N) is 2. The summed E-state index contributed by atoms with van der Waals surface area (Å²) in [5.74, 6) is 1.54. The monoisotopic (exact) mass is 360 g/mol. The highest BCUT2D eigenvalue weighted by Crippen LogP contribution is 2.40. The van der Waals surface area contributed by atoms with Crippen molar-refractivity contribution in [3.05, 3.63) is 17.5 Å². The topological polar surface area (TPSA) is 90.1 Å². The summed E-state index contributed by atoms with van der Waals surface area (Å²) in [6.07, 6.45) is 10.7. The Morgan fingerprint density at radius 3 is 2.58 bits per heavy atom. The zero-order valence-electron chi connectivity index (χ0n) is 16.0. The van der Waals surface area contributed by atoms with Crippen LogP contribution in [0.5, 0.6) is 0 Å². The molecule has 1 amide bonds. The van der Waals surface area contributed by atoms with Gasteiger partial charge >= 0.3 is 0 Å². The van der Waals surface area contributed by atoms with Crippen molar-refractivity contribution in [2.45, 2.75) is 77.4 Å². The maximum absolute atomic E-state index is 11.8. The number of hydrogen-bond donors (Lipinski definition) is 2. The van der Waals surface area contributed by atoms with E-state index < -0.39 is 5.91 Å². The molecule has 2 aliphatic rings. The van der Waals surface area contributed by atoms with Crippen LogP contribution < -0.4 is 11.1 Å². The first-order valence-electron chi connectivity index (χ1n) is 10.1. The number of amides is 1. The number of primary amides is 1. The van der Waals surface area contributed by atoms with E-state index in [1.54, 1.807) is 6.20 Å². The van der Waals surface area contributed by atoms with E-state index in [0.29, 0.717) is 29.6 Å². The first-order chi connectivity index (χ1) is 12.6. The first-order valence-corrected chi connectivity index (χ1v) is 10.1. The van der Waals surface area contributed by atoms with E-state index in [1.807, 2.05) is 6.92 Å². The molecule has 6 nitrogen and oxygen atoms in total. The summed E-state index contributed by atoms with van der Waals surface area (Å²) in [6, 6.07) is 0.365. The fraction of sp³-hybridized carbons (Fsp3) is 0.750. The van der Waals surface area contributed by atoms with Crippen molar-refractivity contribution in [1.82, 2.24) is 9.97 Å². The van der Waals surface area contributed by atoms with E-state index in [4.69, 9.17) is 10.5 Å². The molecule has 0 spiro atoms. The molecule has 0 radical (unpaired) electrons. The average molecular weight is 361 g/mol. The third-order valence-electron chi connectivity index (χ3n) is 5.81. The van der Waals surface area contributed by atoms with Crippen LogP contribution in [0.25, 0.3) is 0 Å². The van der Waals surface area contributed by atoms with E-state index in [9.17, 15) is 4.79 Å². The van der Waals surface area contributed by atoms with Crippen LogP contribution in [0.15, 0.2) is 6.20 Å². The summed E-state index contributed by atoms with van der Waals surface area (Å²) in [7, 11) is 0. The molecule has 2 aliphatic carbocycles. The zero-order chi connectivity index (χ0) is 18.5. The number of carbonyl (C=O) groups is 1. The van der Waals surface area contributed by atoms with Gasteiger partial charge in [0.15, 0.2) is 0 Å². The third-order valence-corrected chi connectivity index (χ3v) is 5.81. The largest absolute Gasteiger partial charge is 0.379 e. The number of hydrogen-bond acceptors (Lipinski definition) is 5. The number of anilines is 1. The van der Waals surface area contributed by atoms with Gasteiger partial charge in [0.1, 0.15) is 0 Å². The Kier molecular flexibility index (Phi) is 6.46. The lowest BCUT2D eigenvalue weighted by Gasteiger charge is -2.29. The molecule has 0 unspecified atom stereocenters. The number of rotatable bonds is 9. The SMILES string of the molecule is CCOC1CCC(Nc2ncc(C(N)=O)c(C[C@@H](CC)C3CC3)n2)CC1. The minimum absolute atomic E-state index is 0.365. The molecule has 0 saturated heterocycles. The fourth-order valence-corrected chi connectivity index (χ4v) is 4.10. The number of nitrogens with two attached hydrogens (primary N) is 1. The number of aromatic nitrogens is 2. The Hall–Kier alpha value is -1.69. The van der Waals surface area contributed by atoms with Gasteiger partial charge in [-0.25, -0.2) is 9.97 Å². The van der Waals surface area contributed by atoms with Gasteiger partial charge in [0, 0.05) is 18.8 Å². The van der Waals surface area contributed by atoms with Gasteiger partial charge in [-0.1, -0.05) is 13.3 Å². The van der Waals surface area contributed by atoms with Crippen molar-refractivity contribution in [3.8, 4) is 0 Å². The Morgan fingerprint density at radius 1 is 1.27 bits per heavy atom. The van der Waals surface area contributed by atoms with Crippen molar-refractivity contribution in [1.29, 1.82) is 0 Å². The second-order valence-electron chi connectivity index (χ2n) is 7.70. The molecule has 0 bridgehead atoms. The van der Waals surface area contributed by atoms with Crippen LogP contribution >= 0.6 is 0 Å². The van der Waals surface area contributed by atoms with Crippen LogP contribution in [0.2, 0.25) is 0 Å². The van der Waals surface area contributed by atoms with E-state index in [1.165, 1.54) is 12.8 Å². The van der Waals surface area contributed by atoms with E-state index in [-0.39, 0.29) is 0 Å². The summed E-state index contributed by atoms with van der Waals surface area (Å²) in [5, 5.41) is 3.46. The van der Waals surface area contributed by atoms with Crippen LogP contribution in [-0.4, -0.2) is 34.6 Å². The van der Waals surface area contributed by atoms with Crippen molar-refractivity contribution < 1.29 is 9.53 Å². The van der Waals surface area contributed by atoms with Crippen LogP contribution in [0.4, 0.5) is 5.95 Å². The van der Waals surface area contributed by atoms with Gasteiger partial charge in [0.05, 0.1) is 17.4 Å². The Labute approximate surface area is 156 Å². The van der Waals surface area contributed by atoms with Gasteiger partial charge in [-0.15, -0.1) is 0 Å². The molecule has 3 N–H and O–H groups in total. The fourth-order valence-electron chi connectivity index (χ4n) is 4.10. The molecule has 2 saturated carbocycles. The van der Waals surface area contributed by atoms with Crippen LogP contribution in [0, 0.1) is 11.8 Å². The maximum atomic E-state index is 11.8. The molecule has 1 atom stereocenters. The Balaban J connectivity index is 1.66. The summed E-state index contributed by atoms with van der Waals surface area (Å²) >= 11 is 0. The molecular formula is C20H32N4O2. The van der Waals surface area contributed by atoms with Crippen LogP contribution in [0.3, 0.4) is 0 Å². The van der Waals surface area contributed by atoms with Crippen LogP contribution in [0.1, 0.15) is 74.8 Å². The summed E-state index contributed by atoms with van der Waals surface area (Å²) in [6.45, 7) is 5.04. The third kappa shape index (κ3) is 4.93. The highest BCUT2D eigenvalue weighted by atomic mass is 16.5. The first kappa shape index (κ1) is 19.1. The van der Waals surface area contributed by atoms with Gasteiger partial charge in [0.2, 0.25) is 5.95 Å². The van der Waals surface area contributed by atoms with Gasteiger partial charge < -0.3 is 15.8 Å². The lowest BCUT2D eigenvalue weighted by molar-refractivity contribution is 0.0346. The predicted octanol–water partition coefficient (Wildman–Crippen LogP) is 3.31. The Morgan fingerprint density at radius 2 is 2.00 bits per heavy atom. The molecule has 26 heavy (non-hydrogen) atoms. The number of nitrogens with one attached hydrogen (secondary N) is 1. The van der Waals surface area contributed by atoms with Crippen molar-refractivity contribution in [2.75, 3.05) is 11.9 Å². The standard InChI is InChI=1S/C20H32N4O2/c1-3-13(14-5-6-14)11-18-17(19(21)25)12-22-20(24-18)23-15-7-9-16(10-8-15)26-4-2/h12-16H,3-11H2,1-2H3,(H2,21,25)(H,22,23,24)/t13-,15?,16?/m1/s1. The highest BCUT2D eigenvalue weighted by Gasteiger charge is 2.31. The summed E-state index contributed by atoms with van der Waals surface area (Å²) < 4.78 is 5.72. The smallest absolute Gasteiger partial charge is 0.252 e. The molecule has 1 aromatic rings. The second kappa shape index (κ2) is 8.80. The Bertz CT molecular complexity index is 610. The van der Waals surface area contributed by atoms with Crippen LogP contribution in [-0.2, 0) is 11.2 Å². The predicted molar refractivity (Wildman–Crippen MR) is 102 cm³/mol. The number of carbonyl (C=O) groups excluding carboxylic acids is 1. The molecule has 6 heteroatoms. The van der Waals surface area contributed by atoms with E-state index in [2.05, 4.69) is 22.2 Å². The summed E-state index contributed by atoms with van der Waals surface area (Å²) in [4.78, 5) is 20.8. The maximum Gasteiger partial charge on any atom is 0.252 e. The van der Waals surface area contributed by atoms with Crippen molar-refractivity contribution in [3.63, 3.8) is 0 Å². The molecular weight excluding hydrogens is 328 g/mol. The zero-order valence-corrected chi connectivity index (χ0v) is 16.0. The molecule has 0 aliphatic heterocycles. The molecule has 3 rings (SSSR count). The highest BCUT2D eigenvalue weighted by molar-refractivity contribution is 5.93. The molecule has 0 aromatic carbocycles. The van der Waals surface area contributed by atoms with Gasteiger partial charge in [-0.3, -0.25) is 4.79 Å². The quantitative estimate of drug-likeness (QED) is 0.705. The van der Waals surface area contributed by atoms with Gasteiger partial charge in [-0.05, 0) is 63.7 Å². The minimum atomic E-state index is -0.436. The van der Waals surface area contributed by atoms with Gasteiger partial charge in [-0.2, -0.15) is 0 Å². The van der Waals surface area contributed by atoms with Crippen molar-refractivity contribution in [2.24, 2.45) is 17.6 Å². The summed E-state index contributed by atoms with van der Waals surface area (Å²) in [5.41, 5.74) is 6.82. The average Bonchev–Trinajstić information content (AvgIpc) is 3.46. The van der Waals surface area contributed by atoms with E-state index >= 15 is 0 Å². The minimum Gasteiger partial charge on any atom is -0.379 e. The molecule has 1 heterocycles. The number of ether oxygens (including phenoxy) is 1. The normalized spacial score (nSPS) is 24.2. The van der Waals surface area contributed by atoms with Crippen molar-refractivity contribution >= 4 is 11.9 Å². The molecule has 2 fully saturated rings. The van der Waals surface area contributed by atoms with E-state index in [0.717, 1.165) is 56.7 Å². The van der Waals surface area contributed by atoms with Gasteiger partial charge in [0.25, 0.3) is 5.91 Å². The lowest BCUT2D eigenvalue weighted by atomic mass is 9.92.